The van der Waals surface area contributed by atoms with Gasteiger partial charge < -0.3 is 9.47 Å². The SMILES string of the molecule is CC(C)CCCOC(=O)CCCC(=O)Oc1ccccc1F. The van der Waals surface area contributed by atoms with Crippen molar-refractivity contribution in [2.45, 2.75) is 46.0 Å². The van der Waals surface area contributed by atoms with Gasteiger partial charge in [-0.1, -0.05) is 26.0 Å². The predicted octanol–water partition coefficient (Wildman–Crippen LogP) is 3.88. The van der Waals surface area contributed by atoms with E-state index in [9.17, 15) is 14.0 Å². The maximum absolute atomic E-state index is 13.3. The monoisotopic (exact) mass is 310 g/mol. The number of benzene rings is 1. The van der Waals surface area contributed by atoms with Crippen molar-refractivity contribution >= 4 is 11.9 Å². The standard InChI is InChI=1S/C17H23FO4/c1-13(2)7-6-12-21-16(19)10-5-11-17(20)22-15-9-4-3-8-14(15)18/h3-4,8-9,13H,5-7,10-12H2,1-2H3. The fraction of sp³-hybridized carbons (Fsp3) is 0.529. The predicted molar refractivity (Wildman–Crippen MR) is 80.9 cm³/mol. The molecule has 0 aromatic heterocycles. The van der Waals surface area contributed by atoms with Gasteiger partial charge in [-0.15, -0.1) is 0 Å². The summed E-state index contributed by atoms with van der Waals surface area (Å²) < 4.78 is 23.2. The summed E-state index contributed by atoms with van der Waals surface area (Å²) in [4.78, 5) is 23.0. The average molecular weight is 310 g/mol. The van der Waals surface area contributed by atoms with Gasteiger partial charge >= 0.3 is 11.9 Å². The number of hydrogen-bond donors (Lipinski definition) is 0. The molecule has 0 spiro atoms. The van der Waals surface area contributed by atoms with Gasteiger partial charge in [0, 0.05) is 12.8 Å². The van der Waals surface area contributed by atoms with Crippen LogP contribution < -0.4 is 4.74 Å². The van der Waals surface area contributed by atoms with E-state index >= 15 is 0 Å². The highest BCUT2D eigenvalue weighted by atomic mass is 19.1. The van der Waals surface area contributed by atoms with Crippen LogP contribution in [0.25, 0.3) is 0 Å². The van der Waals surface area contributed by atoms with Gasteiger partial charge in [-0.3, -0.25) is 9.59 Å². The first-order valence-electron chi connectivity index (χ1n) is 7.60. The largest absolute Gasteiger partial charge is 0.466 e. The first-order chi connectivity index (χ1) is 10.5. The molecule has 0 unspecified atom stereocenters. The van der Waals surface area contributed by atoms with Crippen LogP contribution in [0.2, 0.25) is 0 Å². The smallest absolute Gasteiger partial charge is 0.311 e. The van der Waals surface area contributed by atoms with Gasteiger partial charge in [0.1, 0.15) is 0 Å². The number of esters is 2. The quantitative estimate of drug-likeness (QED) is 0.394. The average Bonchev–Trinajstić information content (AvgIpc) is 2.46. The molecule has 0 aliphatic rings. The Kier molecular flexibility index (Phi) is 8.18. The Balaban J connectivity index is 2.14. The van der Waals surface area contributed by atoms with Gasteiger partial charge in [0.05, 0.1) is 6.61 Å². The second-order valence-electron chi connectivity index (χ2n) is 5.51. The van der Waals surface area contributed by atoms with Crippen molar-refractivity contribution in [3.63, 3.8) is 0 Å². The highest BCUT2D eigenvalue weighted by molar-refractivity contribution is 5.74. The third-order valence-corrected chi connectivity index (χ3v) is 3.01. The van der Waals surface area contributed by atoms with Gasteiger partial charge in [0.2, 0.25) is 0 Å². The first kappa shape index (κ1) is 18.1. The van der Waals surface area contributed by atoms with E-state index in [2.05, 4.69) is 13.8 Å². The van der Waals surface area contributed by atoms with Crippen molar-refractivity contribution < 1.29 is 23.5 Å². The molecule has 1 aromatic rings. The molecule has 0 bridgehead atoms. The van der Waals surface area contributed by atoms with E-state index in [0.717, 1.165) is 12.8 Å². The second-order valence-corrected chi connectivity index (χ2v) is 5.51. The van der Waals surface area contributed by atoms with Crippen LogP contribution in [0.1, 0.15) is 46.0 Å². The number of carbonyl (C=O) groups excluding carboxylic acids is 2. The summed E-state index contributed by atoms with van der Waals surface area (Å²) in [6, 6.07) is 5.70. The van der Waals surface area contributed by atoms with Crippen LogP contribution in [-0.2, 0) is 14.3 Å². The lowest BCUT2D eigenvalue weighted by Crippen LogP contribution is -2.11. The molecule has 1 rings (SSSR count). The van der Waals surface area contributed by atoms with Crippen molar-refractivity contribution in [1.82, 2.24) is 0 Å². The maximum atomic E-state index is 13.3. The Morgan fingerprint density at radius 3 is 2.45 bits per heavy atom. The first-order valence-corrected chi connectivity index (χ1v) is 7.60. The van der Waals surface area contributed by atoms with Gasteiger partial charge in [-0.05, 0) is 37.3 Å². The molecular formula is C17H23FO4. The molecule has 0 N–H and O–H groups in total. The van der Waals surface area contributed by atoms with Crippen molar-refractivity contribution in [3.8, 4) is 5.75 Å². The van der Waals surface area contributed by atoms with E-state index in [1.807, 2.05) is 0 Å². The van der Waals surface area contributed by atoms with Crippen molar-refractivity contribution in [3.05, 3.63) is 30.1 Å². The van der Waals surface area contributed by atoms with Crippen LogP contribution in [0.4, 0.5) is 4.39 Å². The van der Waals surface area contributed by atoms with Crippen LogP contribution in [0, 0.1) is 11.7 Å². The number of hydrogen-bond acceptors (Lipinski definition) is 4. The molecule has 4 nitrogen and oxygen atoms in total. The lowest BCUT2D eigenvalue weighted by atomic mass is 10.1. The summed E-state index contributed by atoms with van der Waals surface area (Å²) in [5, 5.41) is 0. The Morgan fingerprint density at radius 2 is 1.77 bits per heavy atom. The number of halogens is 1. The van der Waals surface area contributed by atoms with Crippen molar-refractivity contribution in [2.75, 3.05) is 6.61 Å². The molecule has 122 valence electrons. The van der Waals surface area contributed by atoms with Crippen LogP contribution in [0.5, 0.6) is 5.75 Å². The molecule has 0 heterocycles. The molecule has 22 heavy (non-hydrogen) atoms. The maximum Gasteiger partial charge on any atom is 0.311 e. The van der Waals surface area contributed by atoms with Gasteiger partial charge in [0.15, 0.2) is 11.6 Å². The lowest BCUT2D eigenvalue weighted by molar-refractivity contribution is -0.144. The normalized spacial score (nSPS) is 10.5. The van der Waals surface area contributed by atoms with Crippen LogP contribution in [0.3, 0.4) is 0 Å². The third kappa shape index (κ3) is 7.76. The zero-order chi connectivity index (χ0) is 16.4. The molecule has 0 aliphatic carbocycles. The summed E-state index contributed by atoms with van der Waals surface area (Å²) in [5.41, 5.74) is 0. The number of ether oxygens (including phenoxy) is 2. The van der Waals surface area contributed by atoms with E-state index < -0.39 is 11.8 Å². The number of para-hydroxylation sites is 1. The highest BCUT2D eigenvalue weighted by Gasteiger charge is 2.10. The van der Waals surface area contributed by atoms with Crippen molar-refractivity contribution in [1.29, 1.82) is 0 Å². The molecule has 0 radical (unpaired) electrons. The van der Waals surface area contributed by atoms with Gasteiger partial charge in [-0.2, -0.15) is 0 Å². The molecule has 0 amide bonds. The second kappa shape index (κ2) is 9.92. The minimum Gasteiger partial charge on any atom is -0.466 e. The lowest BCUT2D eigenvalue weighted by Gasteiger charge is -2.07. The van der Waals surface area contributed by atoms with Gasteiger partial charge in [-0.25, -0.2) is 4.39 Å². The van der Waals surface area contributed by atoms with E-state index in [1.54, 1.807) is 6.07 Å². The zero-order valence-electron chi connectivity index (χ0n) is 13.1. The van der Waals surface area contributed by atoms with E-state index in [0.29, 0.717) is 18.9 Å². The summed E-state index contributed by atoms with van der Waals surface area (Å²) in [6.45, 7) is 4.64. The summed E-state index contributed by atoms with van der Waals surface area (Å²) in [6.07, 6.45) is 2.40. The fourth-order valence-corrected chi connectivity index (χ4v) is 1.83. The molecule has 0 atom stereocenters. The number of carbonyl (C=O) groups is 2. The molecule has 1 aromatic carbocycles. The zero-order valence-corrected chi connectivity index (χ0v) is 13.1. The van der Waals surface area contributed by atoms with Crippen LogP contribution in [0.15, 0.2) is 24.3 Å². The molecule has 0 fully saturated rings. The van der Waals surface area contributed by atoms with Gasteiger partial charge in [0.25, 0.3) is 0 Å². The molecule has 0 saturated carbocycles. The van der Waals surface area contributed by atoms with E-state index in [4.69, 9.17) is 9.47 Å². The van der Waals surface area contributed by atoms with Crippen LogP contribution in [-0.4, -0.2) is 18.5 Å². The minimum absolute atomic E-state index is 0.0510. The Hall–Kier alpha value is -1.91. The summed E-state index contributed by atoms with van der Waals surface area (Å²) in [7, 11) is 0. The Labute approximate surface area is 130 Å². The third-order valence-electron chi connectivity index (χ3n) is 3.01. The summed E-state index contributed by atoms with van der Waals surface area (Å²) >= 11 is 0. The minimum atomic E-state index is -0.583. The topological polar surface area (TPSA) is 52.6 Å². The van der Waals surface area contributed by atoms with Crippen LogP contribution >= 0.6 is 0 Å². The number of rotatable bonds is 9. The molecule has 0 saturated heterocycles. The molecule has 5 heteroatoms. The fourth-order valence-electron chi connectivity index (χ4n) is 1.83. The Morgan fingerprint density at radius 1 is 1.09 bits per heavy atom. The van der Waals surface area contributed by atoms with E-state index in [1.165, 1.54) is 18.2 Å². The molecular weight excluding hydrogens is 287 g/mol. The van der Waals surface area contributed by atoms with Crippen molar-refractivity contribution in [2.24, 2.45) is 5.92 Å². The van der Waals surface area contributed by atoms with E-state index in [-0.39, 0.29) is 24.6 Å². The molecule has 0 aliphatic heterocycles. The Bertz CT molecular complexity index is 485. The summed E-state index contributed by atoms with van der Waals surface area (Å²) in [5.74, 6) is -0.962. The highest BCUT2D eigenvalue weighted by Crippen LogP contribution is 2.16.